The van der Waals surface area contributed by atoms with Crippen LogP contribution in [0.2, 0.25) is 10.2 Å². The van der Waals surface area contributed by atoms with Crippen molar-refractivity contribution in [2.45, 2.75) is 19.3 Å². The molecule has 1 fully saturated rings. The van der Waals surface area contributed by atoms with E-state index in [4.69, 9.17) is 23.2 Å². The lowest BCUT2D eigenvalue weighted by molar-refractivity contribution is 0.578. The van der Waals surface area contributed by atoms with E-state index < -0.39 is 0 Å². The van der Waals surface area contributed by atoms with Gasteiger partial charge in [-0.15, -0.1) is 0 Å². The minimum Gasteiger partial charge on any atom is -0.372 e. The molecule has 154 valence electrons. The van der Waals surface area contributed by atoms with Gasteiger partial charge in [0.15, 0.2) is 0 Å². The number of nitrogens with one attached hydrogen (secondary N) is 2. The molecule has 30 heavy (non-hydrogen) atoms. The fourth-order valence-corrected chi connectivity index (χ4v) is 3.61. The molecule has 1 aromatic heterocycles. The van der Waals surface area contributed by atoms with E-state index in [2.05, 4.69) is 55.0 Å². The van der Waals surface area contributed by atoms with E-state index in [1.54, 1.807) is 24.4 Å². The summed E-state index contributed by atoms with van der Waals surface area (Å²) in [6.07, 6.45) is 5.59. The lowest BCUT2D eigenvalue weighted by Gasteiger charge is -2.28. The van der Waals surface area contributed by atoms with E-state index in [9.17, 15) is 0 Å². The van der Waals surface area contributed by atoms with Crippen molar-refractivity contribution >= 4 is 52.6 Å². The standard InChI is InChI=1S/C22H22Cl2N6/c23-17-6-8-18(9-7-17)26-21-14-20(24)27-22(28-21)29-25-15-16-4-10-19(11-5-16)30-12-2-1-3-13-30/h4-11,14-15H,1-3,12-13H2,(H2,26,27,28,29)/b25-15+. The fourth-order valence-electron chi connectivity index (χ4n) is 3.30. The van der Waals surface area contributed by atoms with Crippen molar-refractivity contribution in [2.75, 3.05) is 28.7 Å². The summed E-state index contributed by atoms with van der Waals surface area (Å²) in [6.45, 7) is 2.26. The maximum atomic E-state index is 6.12. The number of hydrogen-bond acceptors (Lipinski definition) is 6. The van der Waals surface area contributed by atoms with Gasteiger partial charge in [-0.3, -0.25) is 0 Å². The van der Waals surface area contributed by atoms with Gasteiger partial charge in [-0.1, -0.05) is 35.3 Å². The van der Waals surface area contributed by atoms with E-state index >= 15 is 0 Å². The topological polar surface area (TPSA) is 65.4 Å². The Hall–Kier alpha value is -2.83. The van der Waals surface area contributed by atoms with E-state index in [0.29, 0.717) is 21.9 Å². The Morgan fingerprint density at radius 1 is 0.900 bits per heavy atom. The summed E-state index contributed by atoms with van der Waals surface area (Å²) < 4.78 is 0. The highest BCUT2D eigenvalue weighted by Gasteiger charge is 2.10. The molecule has 2 aromatic carbocycles. The number of aromatic nitrogens is 2. The van der Waals surface area contributed by atoms with E-state index in [1.165, 1.54) is 24.9 Å². The van der Waals surface area contributed by atoms with Gasteiger partial charge in [-0.05, 0) is 61.2 Å². The lowest BCUT2D eigenvalue weighted by atomic mass is 10.1. The maximum absolute atomic E-state index is 6.12. The highest BCUT2D eigenvalue weighted by molar-refractivity contribution is 6.30. The van der Waals surface area contributed by atoms with Crippen molar-refractivity contribution in [1.29, 1.82) is 0 Å². The van der Waals surface area contributed by atoms with Crippen molar-refractivity contribution in [3.8, 4) is 0 Å². The highest BCUT2D eigenvalue weighted by atomic mass is 35.5. The predicted molar refractivity (Wildman–Crippen MR) is 125 cm³/mol. The minimum atomic E-state index is 0.306. The van der Waals surface area contributed by atoms with Gasteiger partial charge in [0.2, 0.25) is 5.95 Å². The van der Waals surface area contributed by atoms with E-state index in [1.807, 2.05) is 12.1 Å². The second-order valence-electron chi connectivity index (χ2n) is 7.04. The molecule has 0 aliphatic carbocycles. The van der Waals surface area contributed by atoms with Gasteiger partial charge in [0.25, 0.3) is 0 Å². The predicted octanol–water partition coefficient (Wildman–Crippen LogP) is 5.96. The summed E-state index contributed by atoms with van der Waals surface area (Å²) in [5, 5.41) is 8.38. The second-order valence-corrected chi connectivity index (χ2v) is 7.86. The van der Waals surface area contributed by atoms with Crippen molar-refractivity contribution in [2.24, 2.45) is 5.10 Å². The van der Waals surface area contributed by atoms with Crippen LogP contribution in [0, 0.1) is 0 Å². The SMILES string of the molecule is Clc1ccc(Nc2cc(Cl)nc(N/N=C/c3ccc(N4CCCCC4)cc3)n2)cc1. The van der Waals surface area contributed by atoms with Crippen molar-refractivity contribution in [1.82, 2.24) is 9.97 Å². The molecule has 1 aliphatic rings. The van der Waals surface area contributed by atoms with Gasteiger partial charge >= 0.3 is 0 Å². The molecule has 4 rings (SSSR count). The fraction of sp³-hybridized carbons (Fsp3) is 0.227. The van der Waals surface area contributed by atoms with Crippen LogP contribution in [0.25, 0.3) is 0 Å². The molecule has 0 bridgehead atoms. The van der Waals surface area contributed by atoms with Crippen LogP contribution in [0.15, 0.2) is 59.7 Å². The molecular weight excluding hydrogens is 419 g/mol. The third kappa shape index (κ3) is 5.62. The Morgan fingerprint density at radius 2 is 1.63 bits per heavy atom. The van der Waals surface area contributed by atoms with Crippen LogP contribution in [0.5, 0.6) is 0 Å². The molecular formula is C22H22Cl2N6. The van der Waals surface area contributed by atoms with Crippen molar-refractivity contribution in [3.05, 3.63) is 70.3 Å². The second kappa shape index (κ2) is 9.78. The first-order chi connectivity index (χ1) is 14.7. The van der Waals surface area contributed by atoms with Gasteiger partial charge < -0.3 is 10.2 Å². The first kappa shape index (κ1) is 20.4. The molecule has 2 N–H and O–H groups in total. The summed E-state index contributed by atoms with van der Waals surface area (Å²) in [6, 6.07) is 17.3. The first-order valence-corrected chi connectivity index (χ1v) is 10.6. The first-order valence-electron chi connectivity index (χ1n) is 9.87. The molecule has 0 saturated carbocycles. The van der Waals surface area contributed by atoms with E-state index in [-0.39, 0.29) is 0 Å². The van der Waals surface area contributed by atoms with Crippen LogP contribution in [0.4, 0.5) is 23.1 Å². The zero-order valence-corrected chi connectivity index (χ0v) is 17.9. The summed E-state index contributed by atoms with van der Waals surface area (Å²) in [5.41, 5.74) is 5.93. The minimum absolute atomic E-state index is 0.306. The van der Waals surface area contributed by atoms with E-state index in [0.717, 1.165) is 24.3 Å². The smallest absolute Gasteiger partial charge is 0.246 e. The zero-order chi connectivity index (χ0) is 20.8. The number of hydrazone groups is 1. The van der Waals surface area contributed by atoms with Crippen LogP contribution in [0.1, 0.15) is 24.8 Å². The van der Waals surface area contributed by atoms with Gasteiger partial charge in [0, 0.05) is 35.6 Å². The Morgan fingerprint density at radius 3 is 2.37 bits per heavy atom. The average Bonchev–Trinajstić information content (AvgIpc) is 2.76. The molecule has 0 atom stereocenters. The van der Waals surface area contributed by atoms with Gasteiger partial charge in [-0.2, -0.15) is 15.1 Å². The third-order valence-corrected chi connectivity index (χ3v) is 5.25. The molecule has 1 saturated heterocycles. The molecule has 2 heterocycles. The van der Waals surface area contributed by atoms with Gasteiger partial charge in [0.05, 0.1) is 6.21 Å². The van der Waals surface area contributed by atoms with Crippen LogP contribution in [0.3, 0.4) is 0 Å². The highest BCUT2D eigenvalue weighted by Crippen LogP contribution is 2.21. The Kier molecular flexibility index (Phi) is 6.67. The van der Waals surface area contributed by atoms with Gasteiger partial charge in [0.1, 0.15) is 11.0 Å². The summed E-state index contributed by atoms with van der Waals surface area (Å²) in [4.78, 5) is 11.0. The number of halogens is 2. The summed E-state index contributed by atoms with van der Waals surface area (Å²) in [7, 11) is 0. The number of anilines is 4. The van der Waals surface area contributed by atoms with Crippen LogP contribution in [-0.2, 0) is 0 Å². The van der Waals surface area contributed by atoms with Crippen molar-refractivity contribution in [3.63, 3.8) is 0 Å². The molecule has 0 amide bonds. The largest absolute Gasteiger partial charge is 0.372 e. The number of nitrogens with zero attached hydrogens (tertiary/aromatic N) is 4. The van der Waals surface area contributed by atoms with Crippen LogP contribution >= 0.6 is 23.2 Å². The number of benzene rings is 2. The molecule has 3 aromatic rings. The Labute approximate surface area is 186 Å². The van der Waals surface area contributed by atoms with Crippen LogP contribution < -0.4 is 15.6 Å². The Bertz CT molecular complexity index is 999. The zero-order valence-electron chi connectivity index (χ0n) is 16.4. The number of hydrogen-bond donors (Lipinski definition) is 2. The maximum Gasteiger partial charge on any atom is 0.246 e. The molecule has 8 heteroatoms. The van der Waals surface area contributed by atoms with Crippen LogP contribution in [-0.4, -0.2) is 29.3 Å². The number of rotatable bonds is 6. The molecule has 1 aliphatic heterocycles. The molecule has 6 nitrogen and oxygen atoms in total. The normalized spacial score (nSPS) is 14.1. The molecule has 0 unspecified atom stereocenters. The molecule has 0 spiro atoms. The Balaban J connectivity index is 1.38. The lowest BCUT2D eigenvalue weighted by Crippen LogP contribution is -2.29. The molecule has 0 radical (unpaired) electrons. The third-order valence-electron chi connectivity index (χ3n) is 4.80. The average molecular weight is 441 g/mol. The summed E-state index contributed by atoms with van der Waals surface area (Å²) >= 11 is 12.0. The van der Waals surface area contributed by atoms with Crippen molar-refractivity contribution < 1.29 is 0 Å². The van der Waals surface area contributed by atoms with Gasteiger partial charge in [-0.25, -0.2) is 5.43 Å². The summed E-state index contributed by atoms with van der Waals surface area (Å²) in [5.74, 6) is 0.862. The number of piperidine rings is 1. The monoisotopic (exact) mass is 440 g/mol. The quantitative estimate of drug-likeness (QED) is 0.281.